The summed E-state index contributed by atoms with van der Waals surface area (Å²) in [5.41, 5.74) is -3.26. The van der Waals surface area contributed by atoms with Gasteiger partial charge < -0.3 is 24.7 Å². The van der Waals surface area contributed by atoms with Crippen LogP contribution in [0.4, 0.5) is 17.6 Å². The van der Waals surface area contributed by atoms with E-state index in [4.69, 9.17) is 28.7 Å². The van der Waals surface area contributed by atoms with Gasteiger partial charge in [-0.3, -0.25) is 28.3 Å². The Morgan fingerprint density at radius 1 is 0.662 bits per heavy atom. The zero-order valence-corrected chi connectivity index (χ0v) is 42.6. The second-order valence-corrected chi connectivity index (χ2v) is 18.5. The van der Waals surface area contributed by atoms with Crippen molar-refractivity contribution in [2.45, 2.75) is 56.3 Å². The Labute approximate surface area is 466 Å². The molecule has 21 heteroatoms. The van der Waals surface area contributed by atoms with Gasteiger partial charge in [0.1, 0.15) is 29.5 Å². The summed E-state index contributed by atoms with van der Waals surface area (Å²) in [6.07, 6.45) is -1.81. The number of nitrogens with zero attached hydrogens (tertiary/aromatic N) is 4. The van der Waals surface area contributed by atoms with Gasteiger partial charge in [-0.1, -0.05) is 84.7 Å². The molecule has 9 rings (SSSR count). The molecule has 0 saturated carbocycles. The quantitative estimate of drug-likeness (QED) is 0.0699. The second kappa shape index (κ2) is 23.8. The Bertz CT molecular complexity index is 3100. The van der Waals surface area contributed by atoms with Gasteiger partial charge in [0.25, 0.3) is 33.7 Å². The second-order valence-electron chi connectivity index (χ2n) is 16.1. The van der Waals surface area contributed by atoms with Gasteiger partial charge in [0.15, 0.2) is 0 Å². The summed E-state index contributed by atoms with van der Waals surface area (Å²) in [5.74, 6) is -4.99. The molecule has 13 nitrogen and oxygen atoms in total. The van der Waals surface area contributed by atoms with Crippen LogP contribution in [0.25, 0.3) is 5.32 Å². The van der Waals surface area contributed by atoms with Crippen molar-refractivity contribution in [2.24, 2.45) is 0 Å². The van der Waals surface area contributed by atoms with Crippen LogP contribution in [0.5, 0.6) is 0 Å². The van der Waals surface area contributed by atoms with E-state index in [1.807, 2.05) is 0 Å². The SMILES string of the molecule is C.O=C1[N-]C(=O)c2ccccc21.[2H]C([2H])(N1C(=O)c2ccccc2C1=O)C1(F)CCN(C(=O)c2ccc(F)c(Cl)c2)CC1.[2H]C([2H])(OS(=O)(=O)c1ccc(C)cc1)C1(F)CCN(C(=O)c2ccc(F)c(Cl)c2)CC1.[K+]. The first-order chi connectivity index (χ1) is 34.2. The summed E-state index contributed by atoms with van der Waals surface area (Å²) in [7, 11) is -4.55. The molecule has 0 aromatic heterocycles. The molecule has 368 valence electrons. The molecule has 0 aliphatic carbocycles. The van der Waals surface area contributed by atoms with E-state index in [-0.39, 0.29) is 122 Å². The fraction of sp³-hybridized carbons (Fsp3) is 0.280. The summed E-state index contributed by atoms with van der Waals surface area (Å²) in [5, 5.41) is 2.83. The van der Waals surface area contributed by atoms with Crippen molar-refractivity contribution in [3.8, 4) is 0 Å². The molecule has 0 unspecified atom stereocenters. The first-order valence-corrected chi connectivity index (χ1v) is 23.1. The molecule has 0 radical (unpaired) electrons. The van der Waals surface area contributed by atoms with Gasteiger partial charge in [-0.15, -0.1) is 0 Å². The third-order valence-corrected chi connectivity index (χ3v) is 13.1. The summed E-state index contributed by atoms with van der Waals surface area (Å²) in [6, 6.07) is 25.0. The van der Waals surface area contributed by atoms with Gasteiger partial charge in [0.2, 0.25) is 0 Å². The molecule has 0 atom stereocenters. The van der Waals surface area contributed by atoms with Crippen molar-refractivity contribution < 1.29 is 116 Å². The number of rotatable bonds is 8. The van der Waals surface area contributed by atoms with E-state index in [0.717, 1.165) is 23.8 Å². The first-order valence-electron chi connectivity index (χ1n) is 23.0. The van der Waals surface area contributed by atoms with Crippen molar-refractivity contribution >= 4 is 68.8 Å². The third-order valence-electron chi connectivity index (χ3n) is 11.4. The number of likely N-dealkylation sites (tertiary alicyclic amines) is 2. The first kappa shape index (κ1) is 51.1. The number of fused-ring (bicyclic) bond motifs is 2. The number of carbonyl (C=O) groups excluding carboxylic acids is 6. The van der Waals surface area contributed by atoms with Gasteiger partial charge in [-0.05, 0) is 67.6 Å². The van der Waals surface area contributed by atoms with Crippen molar-refractivity contribution in [2.75, 3.05) is 39.2 Å². The van der Waals surface area contributed by atoms with Crippen LogP contribution in [-0.4, -0.2) is 109 Å². The molecule has 4 aliphatic heterocycles. The predicted molar refractivity (Wildman–Crippen MR) is 252 cm³/mol. The molecule has 71 heavy (non-hydrogen) atoms. The number of piperidine rings is 2. The average molecular weight is 1070 g/mol. The number of alkyl halides is 2. The van der Waals surface area contributed by atoms with E-state index in [0.29, 0.717) is 16.0 Å². The van der Waals surface area contributed by atoms with Crippen molar-refractivity contribution in [3.63, 3.8) is 0 Å². The minimum absolute atomic E-state index is 0. The molecule has 2 saturated heterocycles. The maximum Gasteiger partial charge on any atom is 1.00 e. The molecule has 2 fully saturated rings. The Morgan fingerprint density at radius 3 is 1.46 bits per heavy atom. The topological polar surface area (TPSA) is 170 Å². The Kier molecular flexibility index (Phi) is 17.1. The molecule has 4 aliphatic rings. The fourth-order valence-electron chi connectivity index (χ4n) is 7.41. The Hall–Kier alpha value is -4.83. The van der Waals surface area contributed by atoms with Gasteiger partial charge in [-0.2, -0.15) is 8.42 Å². The molecule has 6 amide bonds. The molecule has 0 bridgehead atoms. The molecule has 0 N–H and O–H groups in total. The van der Waals surface area contributed by atoms with E-state index >= 15 is 8.78 Å². The number of imide groups is 2. The van der Waals surface area contributed by atoms with Crippen molar-refractivity contribution in [1.29, 1.82) is 0 Å². The van der Waals surface area contributed by atoms with Crippen LogP contribution < -0.4 is 51.4 Å². The normalized spacial score (nSPS) is 17.7. The maximum absolute atomic E-state index is 15.8. The maximum atomic E-state index is 15.8. The molecular weight excluding hydrogens is 1020 g/mol. The zero-order chi connectivity index (χ0) is 53.4. The van der Waals surface area contributed by atoms with Crippen LogP contribution in [0.1, 0.15) is 106 Å². The third kappa shape index (κ3) is 13.4. The van der Waals surface area contributed by atoms with E-state index in [9.17, 15) is 46.0 Å². The number of amides is 6. The number of aryl methyl sites for hydroxylation is 1. The van der Waals surface area contributed by atoms with Gasteiger partial charge in [0.05, 0.1) is 49.9 Å². The standard InChI is InChI=1S/C21H17ClF2N2O3.C20H20ClF2NO4S.C8H5NO2.CH4.K/c22-16-11-13(5-6-17(16)23)18(27)25-9-7-21(24,8-10-25)12-26-19(28)14-3-1-2-4-15(14)20(26)29;1-14-2-5-16(6-3-14)29(26,27)28-13-20(23)8-10-24(11-9-20)19(25)15-4-7-18(22)17(21)12-15;10-7-5-3-1-2-4-6(5)8(11)9-7;;/h1-6,11H,7-10,12H2;2-7,12H,8-11,13H2,1H3;1-4H,(H,9,10,11);1H4;/q;;;;+1/p-1/i12D2;13D2;;;. The molecule has 5 aromatic carbocycles. The zero-order valence-electron chi connectivity index (χ0n) is 41.2. The average Bonchev–Trinajstić information content (AvgIpc) is 3.80. The minimum Gasteiger partial charge on any atom is -0.587 e. The minimum atomic E-state index is -4.55. The van der Waals surface area contributed by atoms with Crippen LogP contribution in [0.2, 0.25) is 10.0 Å². The monoisotopic (exact) mass is 1070 g/mol. The number of halogens is 6. The number of benzene rings is 5. The fourth-order valence-corrected chi connectivity index (χ4v) is 8.59. The van der Waals surface area contributed by atoms with Gasteiger partial charge in [0, 0.05) is 74.1 Å². The summed E-state index contributed by atoms with van der Waals surface area (Å²) in [4.78, 5) is 74.9. The van der Waals surface area contributed by atoms with Crippen molar-refractivity contribution in [3.05, 3.63) is 175 Å². The van der Waals surface area contributed by atoms with Crippen LogP contribution in [0, 0.1) is 18.6 Å². The number of hydrogen-bond acceptors (Lipinski definition) is 9. The van der Waals surface area contributed by atoms with Crippen LogP contribution in [-0.2, 0) is 14.3 Å². The number of carbonyl (C=O) groups is 6. The molecule has 0 spiro atoms. The van der Waals surface area contributed by atoms with Crippen molar-refractivity contribution in [1.82, 2.24) is 14.7 Å². The molecule has 4 heterocycles. The smallest absolute Gasteiger partial charge is 0.587 e. The van der Waals surface area contributed by atoms with E-state index in [2.05, 4.69) is 9.50 Å². The van der Waals surface area contributed by atoms with E-state index in [1.165, 1.54) is 64.4 Å². The Morgan fingerprint density at radius 2 is 1.06 bits per heavy atom. The van der Waals surface area contributed by atoms with Crippen LogP contribution in [0.3, 0.4) is 0 Å². The summed E-state index contributed by atoms with van der Waals surface area (Å²) in [6.45, 7) is -4.96. The van der Waals surface area contributed by atoms with E-state index in [1.54, 1.807) is 43.3 Å². The number of hydrogen-bond donors (Lipinski definition) is 0. The summed E-state index contributed by atoms with van der Waals surface area (Å²) >= 11 is 11.4. The molecular formula is C50H45Cl2F4KN4O9S. The van der Waals surface area contributed by atoms with E-state index < -0.39 is 107 Å². The van der Waals surface area contributed by atoms with Gasteiger partial charge in [-0.25, -0.2) is 17.6 Å². The largest absolute Gasteiger partial charge is 1.00 e. The summed E-state index contributed by atoms with van der Waals surface area (Å²) < 4.78 is 120. The van der Waals surface area contributed by atoms with Crippen LogP contribution in [0.15, 0.2) is 114 Å². The van der Waals surface area contributed by atoms with Crippen LogP contribution >= 0.6 is 23.2 Å². The Balaban J connectivity index is 0.000000225. The molecule has 5 aromatic rings. The predicted octanol–water partition coefficient (Wildman–Crippen LogP) is 6.85. The van der Waals surface area contributed by atoms with Gasteiger partial charge >= 0.3 is 51.4 Å².